The molecule has 5 rings (SSSR count). The summed E-state index contributed by atoms with van der Waals surface area (Å²) in [6, 6.07) is 17.7. The van der Waals surface area contributed by atoms with Gasteiger partial charge < -0.3 is 4.57 Å². The number of hydrogen-bond donors (Lipinski definition) is 0. The van der Waals surface area contributed by atoms with Crippen molar-refractivity contribution < 1.29 is 0 Å². The number of nitrogens with zero attached hydrogens (tertiary/aromatic N) is 2. The topological polar surface area (TPSA) is 17.8 Å². The molecule has 0 unspecified atom stereocenters. The van der Waals surface area contributed by atoms with E-state index in [-0.39, 0.29) is 0 Å². The van der Waals surface area contributed by atoms with Crippen molar-refractivity contribution >= 4 is 21.8 Å². The molecule has 0 saturated carbocycles. The normalized spacial score (nSPS) is 14.2. The zero-order valence-corrected chi connectivity index (χ0v) is 14.8. The van der Waals surface area contributed by atoms with Gasteiger partial charge in [0.25, 0.3) is 0 Å². The van der Waals surface area contributed by atoms with Gasteiger partial charge in [0.2, 0.25) is 0 Å². The van der Waals surface area contributed by atoms with Crippen LogP contribution in [-0.4, -0.2) is 9.55 Å². The van der Waals surface area contributed by atoms with E-state index < -0.39 is 0 Å². The lowest BCUT2D eigenvalue weighted by molar-refractivity contribution is 0.657. The van der Waals surface area contributed by atoms with E-state index in [1.807, 2.05) is 0 Å². The fourth-order valence-electron chi connectivity index (χ4n) is 4.42. The second-order valence-corrected chi connectivity index (χ2v) is 7.25. The van der Waals surface area contributed by atoms with Gasteiger partial charge in [0.15, 0.2) is 0 Å². The van der Waals surface area contributed by atoms with Crippen LogP contribution < -0.4 is 0 Å². The molecule has 0 aliphatic carbocycles. The number of benzene rings is 2. The van der Waals surface area contributed by atoms with Crippen LogP contribution in [0.2, 0.25) is 0 Å². The zero-order chi connectivity index (χ0) is 17.0. The van der Waals surface area contributed by atoms with Crippen molar-refractivity contribution in [2.75, 3.05) is 0 Å². The summed E-state index contributed by atoms with van der Waals surface area (Å²) in [4.78, 5) is 5.00. The first-order chi connectivity index (χ1) is 12.2. The molecule has 0 saturated heterocycles. The van der Waals surface area contributed by atoms with Crippen LogP contribution in [0.25, 0.3) is 33.1 Å². The zero-order valence-electron chi connectivity index (χ0n) is 14.8. The number of para-hydroxylation sites is 1. The van der Waals surface area contributed by atoms with Crippen LogP contribution in [0.15, 0.2) is 48.5 Å². The third kappa shape index (κ3) is 2.13. The first kappa shape index (κ1) is 14.7. The van der Waals surface area contributed by atoms with Gasteiger partial charge in [-0.05, 0) is 50.3 Å². The van der Waals surface area contributed by atoms with Crippen LogP contribution >= 0.6 is 0 Å². The molecule has 2 nitrogen and oxygen atoms in total. The first-order valence-corrected chi connectivity index (χ1v) is 9.21. The summed E-state index contributed by atoms with van der Waals surface area (Å²) < 4.78 is 2.54. The Morgan fingerprint density at radius 3 is 2.64 bits per heavy atom. The van der Waals surface area contributed by atoms with Gasteiger partial charge in [0.05, 0.1) is 16.7 Å². The Bertz CT molecular complexity index is 1120. The molecule has 0 N–H and O–H groups in total. The van der Waals surface area contributed by atoms with E-state index in [2.05, 4.69) is 66.9 Å². The monoisotopic (exact) mass is 326 g/mol. The summed E-state index contributed by atoms with van der Waals surface area (Å²) in [5.41, 5.74) is 8.99. The van der Waals surface area contributed by atoms with Crippen molar-refractivity contribution in [2.45, 2.75) is 39.7 Å². The van der Waals surface area contributed by atoms with Gasteiger partial charge in [-0.1, -0.05) is 42.5 Å². The molecule has 124 valence electrons. The molecule has 2 heteroatoms. The predicted octanol–water partition coefficient (Wildman–Crippen LogP) is 5.81. The minimum Gasteiger partial charge on any atom is -0.338 e. The van der Waals surface area contributed by atoms with Crippen LogP contribution in [0.5, 0.6) is 0 Å². The molecule has 0 amide bonds. The Morgan fingerprint density at radius 2 is 1.76 bits per heavy atom. The molecule has 4 aromatic rings. The maximum Gasteiger partial charge on any atom is 0.0951 e. The summed E-state index contributed by atoms with van der Waals surface area (Å²) in [6.45, 7) is 5.38. The van der Waals surface area contributed by atoms with E-state index in [0.29, 0.717) is 0 Å². The Balaban J connectivity index is 2.00. The highest BCUT2D eigenvalue weighted by atomic mass is 15.0. The van der Waals surface area contributed by atoms with Crippen molar-refractivity contribution in [2.24, 2.45) is 0 Å². The van der Waals surface area contributed by atoms with Crippen LogP contribution in [-0.2, 0) is 13.0 Å². The van der Waals surface area contributed by atoms with Gasteiger partial charge in [0, 0.05) is 28.6 Å². The third-order valence-corrected chi connectivity index (χ3v) is 5.55. The van der Waals surface area contributed by atoms with E-state index in [4.69, 9.17) is 4.98 Å². The maximum atomic E-state index is 5.00. The van der Waals surface area contributed by atoms with Gasteiger partial charge in [0.1, 0.15) is 0 Å². The van der Waals surface area contributed by atoms with Crippen LogP contribution in [0.3, 0.4) is 0 Å². The molecule has 0 radical (unpaired) electrons. The third-order valence-electron chi connectivity index (χ3n) is 5.55. The summed E-state index contributed by atoms with van der Waals surface area (Å²) in [5.74, 6) is 0. The highest BCUT2D eigenvalue weighted by molar-refractivity contribution is 6.13. The van der Waals surface area contributed by atoms with Crippen LogP contribution in [0.1, 0.15) is 29.7 Å². The first-order valence-electron chi connectivity index (χ1n) is 9.21. The van der Waals surface area contributed by atoms with Crippen molar-refractivity contribution in [3.63, 3.8) is 0 Å². The van der Waals surface area contributed by atoms with Gasteiger partial charge in [-0.3, -0.25) is 4.98 Å². The van der Waals surface area contributed by atoms with Gasteiger partial charge in [-0.25, -0.2) is 0 Å². The van der Waals surface area contributed by atoms with E-state index in [9.17, 15) is 0 Å². The molecule has 0 fully saturated rings. The lowest BCUT2D eigenvalue weighted by Crippen LogP contribution is -2.00. The van der Waals surface area contributed by atoms with Crippen molar-refractivity contribution in [3.8, 4) is 11.3 Å². The molecule has 0 bridgehead atoms. The largest absolute Gasteiger partial charge is 0.338 e. The standard InChI is InChI=1S/C23H22N2/c1-15-8-3-4-11-18(15)21-23-20(14-16(2)24-21)19-12-7-10-17-9-5-6-13-25(23)22(17)19/h3-4,7-8,10-12,14H,5-6,9,13H2,1-2H3. The number of rotatable bonds is 1. The van der Waals surface area contributed by atoms with Crippen molar-refractivity contribution in [3.05, 3.63) is 65.4 Å². The Kier molecular flexibility index (Phi) is 3.21. The average Bonchev–Trinajstić information content (AvgIpc) is 2.78. The van der Waals surface area contributed by atoms with Gasteiger partial charge >= 0.3 is 0 Å². The molecular weight excluding hydrogens is 304 g/mol. The quantitative estimate of drug-likeness (QED) is 0.431. The summed E-state index contributed by atoms with van der Waals surface area (Å²) in [6.07, 6.45) is 3.68. The van der Waals surface area contributed by atoms with Crippen molar-refractivity contribution in [1.29, 1.82) is 0 Å². The van der Waals surface area contributed by atoms with Crippen LogP contribution in [0, 0.1) is 13.8 Å². The van der Waals surface area contributed by atoms with Gasteiger partial charge in [-0.2, -0.15) is 0 Å². The van der Waals surface area contributed by atoms with Gasteiger partial charge in [-0.15, -0.1) is 0 Å². The number of hydrogen-bond acceptors (Lipinski definition) is 1. The van der Waals surface area contributed by atoms with E-state index >= 15 is 0 Å². The Hall–Kier alpha value is -2.61. The fraction of sp³-hybridized carbons (Fsp3) is 0.261. The number of fused-ring (bicyclic) bond motifs is 3. The number of aryl methyl sites for hydroxylation is 4. The van der Waals surface area contributed by atoms with E-state index in [0.717, 1.165) is 17.9 Å². The summed E-state index contributed by atoms with van der Waals surface area (Å²) >= 11 is 0. The average molecular weight is 326 g/mol. The van der Waals surface area contributed by atoms with Crippen molar-refractivity contribution in [1.82, 2.24) is 9.55 Å². The number of pyridine rings is 1. The minimum absolute atomic E-state index is 1.08. The highest BCUT2D eigenvalue weighted by Crippen LogP contribution is 2.39. The smallest absolute Gasteiger partial charge is 0.0951 e. The molecule has 1 aliphatic heterocycles. The lowest BCUT2D eigenvalue weighted by Gasteiger charge is -2.12. The Labute approximate surface area is 148 Å². The second-order valence-electron chi connectivity index (χ2n) is 7.25. The number of aromatic nitrogens is 2. The SMILES string of the molecule is Cc1cc2c3cccc4c3n(c2c(-c2ccccc2C)n1)CCCC4. The second kappa shape index (κ2) is 5.45. The molecule has 2 aromatic heterocycles. The van der Waals surface area contributed by atoms with E-state index in [1.54, 1.807) is 0 Å². The maximum absolute atomic E-state index is 5.00. The molecule has 2 aromatic carbocycles. The minimum atomic E-state index is 1.08. The molecule has 0 atom stereocenters. The molecule has 0 spiro atoms. The van der Waals surface area contributed by atoms with E-state index in [1.165, 1.54) is 57.8 Å². The predicted molar refractivity (Wildman–Crippen MR) is 105 cm³/mol. The molecular formula is C23H22N2. The summed E-state index contributed by atoms with van der Waals surface area (Å²) in [5, 5.41) is 2.74. The lowest BCUT2D eigenvalue weighted by atomic mass is 10.0. The summed E-state index contributed by atoms with van der Waals surface area (Å²) in [7, 11) is 0. The molecule has 1 aliphatic rings. The molecule has 3 heterocycles. The molecule has 25 heavy (non-hydrogen) atoms. The van der Waals surface area contributed by atoms with Crippen LogP contribution in [0.4, 0.5) is 0 Å². The Morgan fingerprint density at radius 1 is 0.880 bits per heavy atom. The highest BCUT2D eigenvalue weighted by Gasteiger charge is 2.20. The fourth-order valence-corrected chi connectivity index (χ4v) is 4.42.